The van der Waals surface area contributed by atoms with E-state index in [-0.39, 0.29) is 0 Å². The number of methoxy groups -OCH3 is 1. The highest BCUT2D eigenvalue weighted by atomic mass is 16.5. The van der Waals surface area contributed by atoms with Gasteiger partial charge in [-0.25, -0.2) is 0 Å². The summed E-state index contributed by atoms with van der Waals surface area (Å²) < 4.78 is 5.27. The van der Waals surface area contributed by atoms with Crippen molar-refractivity contribution in [2.75, 3.05) is 7.11 Å². The van der Waals surface area contributed by atoms with Gasteiger partial charge in [0.05, 0.1) is 7.11 Å². The van der Waals surface area contributed by atoms with Crippen LogP contribution >= 0.6 is 0 Å². The molecule has 18 heavy (non-hydrogen) atoms. The molecule has 0 N–H and O–H groups in total. The first kappa shape index (κ1) is 12.6. The summed E-state index contributed by atoms with van der Waals surface area (Å²) in [4.78, 5) is 4.57. The van der Waals surface area contributed by atoms with Gasteiger partial charge in [-0.2, -0.15) is 0 Å². The van der Waals surface area contributed by atoms with Crippen molar-refractivity contribution >= 4 is 0 Å². The molecule has 0 aliphatic rings. The molecule has 2 nitrogen and oxygen atoms in total. The van der Waals surface area contributed by atoms with Gasteiger partial charge in [0.15, 0.2) is 0 Å². The summed E-state index contributed by atoms with van der Waals surface area (Å²) in [6.07, 6.45) is 0. The highest BCUT2D eigenvalue weighted by Gasteiger charge is 2.06. The van der Waals surface area contributed by atoms with Crippen LogP contribution in [0.4, 0.5) is 0 Å². The zero-order valence-electron chi connectivity index (χ0n) is 11.4. The van der Waals surface area contributed by atoms with E-state index < -0.39 is 0 Å². The number of aromatic nitrogens is 1. The Morgan fingerprint density at radius 2 is 1.83 bits per heavy atom. The maximum atomic E-state index is 5.27. The summed E-state index contributed by atoms with van der Waals surface area (Å²) in [7, 11) is 1.69. The third-order valence-electron chi connectivity index (χ3n) is 2.97. The van der Waals surface area contributed by atoms with Crippen molar-refractivity contribution < 1.29 is 4.74 Å². The number of hydrogen-bond donors (Lipinski definition) is 0. The molecule has 0 unspecified atom stereocenters. The molecule has 2 heteroatoms. The van der Waals surface area contributed by atoms with E-state index >= 15 is 0 Å². The van der Waals surface area contributed by atoms with Gasteiger partial charge in [0.1, 0.15) is 5.75 Å². The Labute approximate surface area is 109 Å². The normalized spacial score (nSPS) is 10.7. The van der Waals surface area contributed by atoms with Gasteiger partial charge in [-0.15, -0.1) is 0 Å². The molecule has 0 fully saturated rings. The van der Waals surface area contributed by atoms with Crippen LogP contribution < -0.4 is 4.74 Å². The molecule has 0 saturated carbocycles. The monoisotopic (exact) mass is 241 g/mol. The molecule has 0 spiro atoms. The maximum Gasteiger partial charge on any atom is 0.119 e. The molecule has 0 amide bonds. The molecule has 2 rings (SSSR count). The van der Waals surface area contributed by atoms with Crippen molar-refractivity contribution in [2.24, 2.45) is 0 Å². The number of ether oxygens (including phenoxy) is 1. The summed E-state index contributed by atoms with van der Waals surface area (Å²) in [5.74, 6) is 1.32. The van der Waals surface area contributed by atoms with Crippen LogP contribution in [0.1, 0.15) is 31.2 Å². The van der Waals surface area contributed by atoms with E-state index in [9.17, 15) is 0 Å². The van der Waals surface area contributed by atoms with E-state index in [1.165, 1.54) is 11.1 Å². The van der Waals surface area contributed by atoms with Crippen LogP contribution in [0, 0.1) is 6.92 Å². The quantitative estimate of drug-likeness (QED) is 0.804. The van der Waals surface area contributed by atoms with Crippen LogP contribution in [-0.2, 0) is 0 Å². The molecule has 0 bridgehead atoms. The average Bonchev–Trinajstić information content (AvgIpc) is 2.38. The second-order valence-electron chi connectivity index (χ2n) is 4.81. The first-order valence-electron chi connectivity index (χ1n) is 6.23. The van der Waals surface area contributed by atoms with E-state index in [1.807, 2.05) is 19.1 Å². The third-order valence-corrected chi connectivity index (χ3v) is 2.97. The smallest absolute Gasteiger partial charge is 0.119 e. The lowest BCUT2D eigenvalue weighted by atomic mass is 10.0. The fraction of sp³-hybridized carbons (Fsp3) is 0.312. The third kappa shape index (κ3) is 2.70. The Balaban J connectivity index is 2.49. The topological polar surface area (TPSA) is 22.1 Å². The molecular weight excluding hydrogens is 222 g/mol. The first-order valence-corrected chi connectivity index (χ1v) is 6.23. The minimum atomic E-state index is 0.439. The molecule has 0 aliphatic carbocycles. The zero-order valence-corrected chi connectivity index (χ0v) is 11.4. The Hall–Kier alpha value is -1.83. The lowest BCUT2D eigenvalue weighted by Gasteiger charge is -2.10. The summed E-state index contributed by atoms with van der Waals surface area (Å²) in [5, 5.41) is 0. The van der Waals surface area contributed by atoms with Crippen molar-refractivity contribution in [2.45, 2.75) is 26.7 Å². The van der Waals surface area contributed by atoms with E-state index in [0.717, 1.165) is 17.1 Å². The van der Waals surface area contributed by atoms with E-state index in [4.69, 9.17) is 4.74 Å². The molecule has 94 valence electrons. The van der Waals surface area contributed by atoms with Gasteiger partial charge in [-0.1, -0.05) is 26.0 Å². The van der Waals surface area contributed by atoms with Crippen molar-refractivity contribution in [3.05, 3.63) is 47.8 Å². The lowest BCUT2D eigenvalue weighted by Crippen LogP contribution is -1.96. The highest BCUT2D eigenvalue weighted by Crippen LogP contribution is 2.26. The second kappa shape index (κ2) is 5.21. The molecule has 1 heterocycles. The summed E-state index contributed by atoms with van der Waals surface area (Å²) >= 11 is 0. The van der Waals surface area contributed by atoms with Crippen molar-refractivity contribution in [3.63, 3.8) is 0 Å². The van der Waals surface area contributed by atoms with Crippen molar-refractivity contribution in [3.8, 4) is 16.9 Å². The van der Waals surface area contributed by atoms with Gasteiger partial charge in [0, 0.05) is 11.4 Å². The van der Waals surface area contributed by atoms with Crippen LogP contribution in [-0.4, -0.2) is 12.1 Å². The number of pyridine rings is 1. The molecule has 1 aromatic heterocycles. The molecule has 2 aromatic rings. The maximum absolute atomic E-state index is 5.27. The summed E-state index contributed by atoms with van der Waals surface area (Å²) in [6, 6.07) is 12.4. The predicted octanol–water partition coefficient (Wildman–Crippen LogP) is 4.19. The van der Waals surface area contributed by atoms with Crippen LogP contribution in [0.5, 0.6) is 5.75 Å². The number of benzene rings is 1. The fourth-order valence-corrected chi connectivity index (χ4v) is 1.96. The van der Waals surface area contributed by atoms with Crippen molar-refractivity contribution in [1.29, 1.82) is 0 Å². The van der Waals surface area contributed by atoms with Crippen LogP contribution in [0.15, 0.2) is 36.4 Å². The number of aryl methyl sites for hydroxylation is 1. The van der Waals surface area contributed by atoms with E-state index in [2.05, 4.69) is 43.1 Å². The zero-order chi connectivity index (χ0) is 13.1. The highest BCUT2D eigenvalue weighted by molar-refractivity contribution is 5.65. The van der Waals surface area contributed by atoms with Gasteiger partial charge < -0.3 is 4.74 Å². The number of nitrogens with zero attached hydrogens (tertiary/aromatic N) is 1. The van der Waals surface area contributed by atoms with E-state index in [1.54, 1.807) is 7.11 Å². The first-order chi connectivity index (χ1) is 8.60. The van der Waals surface area contributed by atoms with Crippen LogP contribution in [0.3, 0.4) is 0 Å². The largest absolute Gasteiger partial charge is 0.497 e. The van der Waals surface area contributed by atoms with Gasteiger partial charge >= 0.3 is 0 Å². The molecule has 0 saturated heterocycles. The Kier molecular flexibility index (Phi) is 3.66. The summed E-state index contributed by atoms with van der Waals surface area (Å²) in [5.41, 5.74) is 4.55. The average molecular weight is 241 g/mol. The van der Waals surface area contributed by atoms with Gasteiger partial charge in [0.25, 0.3) is 0 Å². The molecule has 1 aromatic carbocycles. The van der Waals surface area contributed by atoms with Gasteiger partial charge in [0.2, 0.25) is 0 Å². The second-order valence-corrected chi connectivity index (χ2v) is 4.81. The Morgan fingerprint density at radius 1 is 1.06 bits per heavy atom. The van der Waals surface area contributed by atoms with Gasteiger partial charge in [-0.05, 0) is 48.2 Å². The fourth-order valence-electron chi connectivity index (χ4n) is 1.96. The molecule has 0 atom stereocenters. The molecule has 0 radical (unpaired) electrons. The van der Waals surface area contributed by atoms with Crippen LogP contribution in [0.2, 0.25) is 0 Å². The molecule has 0 aliphatic heterocycles. The minimum Gasteiger partial charge on any atom is -0.497 e. The standard InChI is InChI=1S/C16H19NO/c1-11(2)16-10-14(8-12(3)17-16)13-6-5-7-15(9-13)18-4/h5-11H,1-4H3. The summed E-state index contributed by atoms with van der Waals surface area (Å²) in [6.45, 7) is 6.36. The molecular formula is C16H19NO. The minimum absolute atomic E-state index is 0.439. The SMILES string of the molecule is COc1cccc(-c2cc(C)nc(C(C)C)c2)c1. The van der Waals surface area contributed by atoms with Crippen molar-refractivity contribution in [1.82, 2.24) is 4.98 Å². The number of hydrogen-bond acceptors (Lipinski definition) is 2. The number of rotatable bonds is 3. The van der Waals surface area contributed by atoms with Gasteiger partial charge in [-0.3, -0.25) is 4.98 Å². The lowest BCUT2D eigenvalue weighted by molar-refractivity contribution is 0.415. The predicted molar refractivity (Wildman–Crippen MR) is 75.1 cm³/mol. The van der Waals surface area contributed by atoms with Crippen LogP contribution in [0.25, 0.3) is 11.1 Å². The Bertz CT molecular complexity index is 547. The Morgan fingerprint density at radius 3 is 2.50 bits per heavy atom. The van der Waals surface area contributed by atoms with E-state index in [0.29, 0.717) is 5.92 Å².